The topological polar surface area (TPSA) is 128 Å². The number of carbonyl (C=O) groups is 1. The molecule has 1 atom stereocenters. The van der Waals surface area contributed by atoms with Crippen molar-refractivity contribution >= 4 is 48.9 Å². The molecule has 1 amide bonds. The highest BCUT2D eigenvalue weighted by Crippen LogP contribution is 2.48. The quantitative estimate of drug-likeness (QED) is 0.109. The summed E-state index contributed by atoms with van der Waals surface area (Å²) in [5.74, 6) is 0.872. The van der Waals surface area contributed by atoms with Gasteiger partial charge in [0.05, 0.1) is 28.7 Å². The standard InChI is InChI=1S/C46H58F3N5O6S3/c1-33-27-35(28-33)41-15-17-45(2,3)30-36(41)31-53-19-21-54(22-20-53)38-11-9-34(10-12-38)44(55)51-63(58,59)40-13-14-42(43(29-40)62(56,57)46(47,48)49)50-37(16-18-52-23-25-60-26-24-52)32-61-39-7-5-4-6-8-39/h4-5,7,9-14,29,33,35,37,50H,15-28,30-32H2,1-3H3,(H,51,55)/t33?,35?,37-/m1/s1. The molecule has 63 heavy (non-hydrogen) atoms. The predicted octanol–water partition coefficient (Wildman–Crippen LogP) is 7.67. The van der Waals surface area contributed by atoms with Crippen LogP contribution in [0.2, 0.25) is 0 Å². The SMILES string of the molecule is CC1CC(C2=C(CN3CCN(c4ccc(C(=O)NS(=O)(=O)c5ccc(N[C@H](CCN6CCOCC6)CSc6c#cccc6)c(S(=O)(=O)C(F)(F)F)c5)cc4)CC3)CC(C)(C)CC2)C1. The lowest BCUT2D eigenvalue weighted by Gasteiger charge is -2.43. The second kappa shape index (κ2) is 19.8. The third-order valence-electron chi connectivity index (χ3n) is 12.8. The number of amides is 1. The number of sulfonamides is 1. The van der Waals surface area contributed by atoms with Crippen LogP contribution in [0.15, 0.2) is 86.5 Å². The van der Waals surface area contributed by atoms with Crippen molar-refractivity contribution in [3.05, 3.63) is 89.5 Å². The van der Waals surface area contributed by atoms with E-state index in [0.717, 1.165) is 73.7 Å². The highest BCUT2D eigenvalue weighted by Gasteiger charge is 2.48. The zero-order valence-corrected chi connectivity index (χ0v) is 38.6. The molecular weight excluding hydrogens is 872 g/mol. The lowest BCUT2D eigenvalue weighted by molar-refractivity contribution is -0.0435. The van der Waals surface area contributed by atoms with E-state index < -0.39 is 52.8 Å². The summed E-state index contributed by atoms with van der Waals surface area (Å²) < 4.78 is 103. The maximum atomic E-state index is 14.2. The van der Waals surface area contributed by atoms with Gasteiger partial charge < -0.3 is 15.0 Å². The van der Waals surface area contributed by atoms with Crippen LogP contribution in [0.3, 0.4) is 0 Å². The molecule has 2 saturated heterocycles. The van der Waals surface area contributed by atoms with Crippen molar-refractivity contribution in [1.29, 1.82) is 0 Å². The molecule has 2 N–H and O–H groups in total. The first-order chi connectivity index (χ1) is 29.9. The number of allylic oxidation sites excluding steroid dienone is 1. The highest BCUT2D eigenvalue weighted by atomic mass is 32.2. The van der Waals surface area contributed by atoms with Gasteiger partial charge in [-0.15, -0.1) is 11.8 Å². The fourth-order valence-corrected chi connectivity index (χ4v) is 12.1. The zero-order chi connectivity index (χ0) is 45.0. The van der Waals surface area contributed by atoms with E-state index >= 15 is 0 Å². The zero-order valence-electron chi connectivity index (χ0n) is 36.2. The lowest BCUT2D eigenvalue weighted by atomic mass is 9.64. The van der Waals surface area contributed by atoms with Gasteiger partial charge in [-0.1, -0.05) is 50.1 Å². The Morgan fingerprint density at radius 3 is 2.33 bits per heavy atom. The molecule has 0 aromatic heterocycles. The fraction of sp³-hybridized carbons (Fsp3) is 0.543. The van der Waals surface area contributed by atoms with E-state index in [2.05, 4.69) is 52.9 Å². The predicted molar refractivity (Wildman–Crippen MR) is 240 cm³/mol. The van der Waals surface area contributed by atoms with E-state index in [1.54, 1.807) is 35.4 Å². The molecule has 2 aliphatic carbocycles. The van der Waals surface area contributed by atoms with Gasteiger partial charge in [-0.3, -0.25) is 14.6 Å². The number of alkyl halides is 3. The minimum absolute atomic E-state index is 0.0148. The number of anilines is 2. The minimum Gasteiger partial charge on any atom is -0.380 e. The van der Waals surface area contributed by atoms with Crippen molar-refractivity contribution in [3.63, 3.8) is 0 Å². The summed E-state index contributed by atoms with van der Waals surface area (Å²) in [5.41, 5.74) is -1.60. The highest BCUT2D eigenvalue weighted by molar-refractivity contribution is 7.99. The number of hydrogen-bond acceptors (Lipinski definition) is 11. The molecule has 0 unspecified atom stereocenters. The lowest BCUT2D eigenvalue weighted by Crippen LogP contribution is -2.47. The number of rotatable bonds is 16. The Labute approximate surface area is 375 Å². The molecule has 2 heterocycles. The molecule has 11 nitrogen and oxygen atoms in total. The summed E-state index contributed by atoms with van der Waals surface area (Å²) in [6, 6.07) is 19.5. The number of ether oxygens (including phenoxy) is 1. The van der Waals surface area contributed by atoms with Crippen LogP contribution in [0, 0.1) is 29.4 Å². The maximum Gasteiger partial charge on any atom is 0.501 e. The van der Waals surface area contributed by atoms with Gasteiger partial charge >= 0.3 is 5.51 Å². The molecule has 0 radical (unpaired) electrons. The number of sulfone groups is 1. The number of morpholine rings is 1. The molecule has 3 aromatic carbocycles. The molecule has 7 rings (SSSR count). The first-order valence-corrected chi connectivity index (χ1v) is 25.7. The van der Waals surface area contributed by atoms with Crippen molar-refractivity contribution in [2.24, 2.45) is 17.3 Å². The average molecular weight is 930 g/mol. The van der Waals surface area contributed by atoms with Gasteiger partial charge in [0.25, 0.3) is 25.8 Å². The summed E-state index contributed by atoms with van der Waals surface area (Å²) >= 11 is 1.37. The van der Waals surface area contributed by atoms with E-state index in [0.29, 0.717) is 56.5 Å². The molecule has 0 bridgehead atoms. The number of nitrogens with one attached hydrogen (secondary N) is 2. The smallest absolute Gasteiger partial charge is 0.380 e. The molecule has 1 saturated carbocycles. The third kappa shape index (κ3) is 11.9. The molecule has 2 aliphatic heterocycles. The van der Waals surface area contributed by atoms with Crippen molar-refractivity contribution in [2.75, 3.05) is 81.5 Å². The van der Waals surface area contributed by atoms with Gasteiger partial charge in [0.2, 0.25) is 0 Å². The Balaban J connectivity index is 1.01. The number of piperazine rings is 1. The van der Waals surface area contributed by atoms with Crippen molar-refractivity contribution in [3.8, 4) is 0 Å². The van der Waals surface area contributed by atoms with Crippen LogP contribution in [0.25, 0.3) is 0 Å². The van der Waals surface area contributed by atoms with Gasteiger partial charge in [0.15, 0.2) is 0 Å². The molecule has 0 spiro atoms. The van der Waals surface area contributed by atoms with Crippen LogP contribution in [-0.2, 0) is 24.6 Å². The maximum absolute atomic E-state index is 14.2. The van der Waals surface area contributed by atoms with Gasteiger partial charge in [-0.05, 0) is 110 Å². The van der Waals surface area contributed by atoms with Crippen LogP contribution < -0.4 is 14.9 Å². The van der Waals surface area contributed by atoms with Crippen LogP contribution >= 0.6 is 11.8 Å². The second-order valence-corrected chi connectivity index (χ2v) is 22.8. The molecule has 3 fully saturated rings. The Morgan fingerprint density at radius 2 is 1.68 bits per heavy atom. The van der Waals surface area contributed by atoms with Crippen LogP contribution in [0.1, 0.15) is 69.7 Å². The number of thioether (sulfide) groups is 1. The van der Waals surface area contributed by atoms with Crippen molar-refractivity contribution < 1.29 is 39.5 Å². The van der Waals surface area contributed by atoms with Gasteiger partial charge in [0.1, 0.15) is 4.90 Å². The number of carbonyl (C=O) groups excluding carboxylic acids is 1. The van der Waals surface area contributed by atoms with Crippen LogP contribution in [-0.4, -0.2) is 115 Å². The monoisotopic (exact) mass is 929 g/mol. The van der Waals surface area contributed by atoms with Gasteiger partial charge in [0, 0.05) is 75.4 Å². The number of benzene rings is 2. The Bertz CT molecular complexity index is 2310. The Morgan fingerprint density at radius 1 is 0.968 bits per heavy atom. The van der Waals surface area contributed by atoms with Crippen molar-refractivity contribution in [1.82, 2.24) is 14.5 Å². The summed E-state index contributed by atoms with van der Waals surface area (Å²) in [6.07, 6.45) is 6.63. The Kier molecular flexibility index (Phi) is 14.8. The van der Waals surface area contributed by atoms with E-state index in [1.807, 2.05) is 10.8 Å². The number of hydrogen-bond donors (Lipinski definition) is 2. The van der Waals surface area contributed by atoms with Gasteiger partial charge in [-0.25, -0.2) is 21.6 Å². The Hall–Kier alpha value is -3.79. The van der Waals surface area contributed by atoms with Gasteiger partial charge in [-0.2, -0.15) is 13.2 Å². The summed E-state index contributed by atoms with van der Waals surface area (Å²) in [4.78, 5) is 18.9. The van der Waals surface area contributed by atoms with E-state index in [4.69, 9.17) is 4.74 Å². The van der Waals surface area contributed by atoms with E-state index in [-0.39, 0.29) is 5.56 Å². The molecule has 3 aromatic rings. The minimum atomic E-state index is -6.05. The largest absolute Gasteiger partial charge is 0.501 e. The molecule has 17 heteroatoms. The van der Waals surface area contributed by atoms with E-state index in [9.17, 15) is 34.8 Å². The van der Waals surface area contributed by atoms with Crippen LogP contribution in [0.4, 0.5) is 24.5 Å². The molecule has 342 valence electrons. The summed E-state index contributed by atoms with van der Waals surface area (Å²) in [5, 5.41) is 2.98. The normalized spacial score (nSPS) is 21.9. The van der Waals surface area contributed by atoms with E-state index in [1.165, 1.54) is 49.6 Å². The first kappa shape index (κ1) is 47.2. The van der Waals surface area contributed by atoms with Crippen molar-refractivity contribution in [2.45, 2.75) is 85.5 Å². The summed E-state index contributed by atoms with van der Waals surface area (Å²) in [7, 11) is -10.9. The number of halogens is 3. The average Bonchev–Trinajstić information content (AvgIpc) is 3.24. The molecular formula is C46H58F3N5O6S3. The fourth-order valence-electron chi connectivity index (χ4n) is 9.09. The number of nitrogens with zero attached hydrogens (tertiary/aromatic N) is 3. The first-order valence-electron chi connectivity index (χ1n) is 21.8. The third-order valence-corrected chi connectivity index (χ3v) is 16.7. The van der Waals surface area contributed by atoms with Crippen LogP contribution in [0.5, 0.6) is 0 Å². The summed E-state index contributed by atoms with van der Waals surface area (Å²) in [6.45, 7) is 14.4. The second-order valence-electron chi connectivity index (χ2n) is 18.1. The molecule has 4 aliphatic rings.